The van der Waals surface area contributed by atoms with Crippen LogP contribution in [0.5, 0.6) is 5.75 Å². The first-order chi connectivity index (χ1) is 15.5. The summed E-state index contributed by atoms with van der Waals surface area (Å²) < 4.78 is 10.6. The van der Waals surface area contributed by atoms with Crippen molar-refractivity contribution in [3.8, 4) is 5.75 Å². The maximum atomic E-state index is 12.6. The van der Waals surface area contributed by atoms with Gasteiger partial charge in [0, 0.05) is 17.5 Å². The number of nitrogens with zero attached hydrogens (tertiary/aromatic N) is 1. The third kappa shape index (κ3) is 4.72. The summed E-state index contributed by atoms with van der Waals surface area (Å²) in [5, 5.41) is 11.2. The molecule has 0 radical (unpaired) electrons. The third-order valence-corrected chi connectivity index (χ3v) is 5.49. The van der Waals surface area contributed by atoms with Gasteiger partial charge in [-0.05, 0) is 42.0 Å². The monoisotopic (exact) mass is 433 g/mol. The zero-order valence-electron chi connectivity index (χ0n) is 17.4. The van der Waals surface area contributed by atoms with Gasteiger partial charge in [-0.25, -0.2) is 9.59 Å². The van der Waals surface area contributed by atoms with E-state index in [9.17, 15) is 19.5 Å². The Bertz CT molecular complexity index is 1140. The second-order valence-electron chi connectivity index (χ2n) is 7.64. The molecule has 0 saturated carbocycles. The SMILES string of the molecule is O=C(COC(=O)[C@@H]1CCCN1C(=O)OCc1ccccc1)c1ccc2c(O)cccc2c1. The summed E-state index contributed by atoms with van der Waals surface area (Å²) in [4.78, 5) is 38.9. The summed E-state index contributed by atoms with van der Waals surface area (Å²) in [5.41, 5.74) is 1.23. The molecule has 3 aromatic rings. The van der Waals surface area contributed by atoms with E-state index in [2.05, 4.69) is 0 Å². The summed E-state index contributed by atoms with van der Waals surface area (Å²) in [6, 6.07) is 18.5. The molecule has 1 aliphatic heterocycles. The van der Waals surface area contributed by atoms with Gasteiger partial charge in [0.1, 0.15) is 18.4 Å². The number of rotatable bonds is 6. The Labute approximate surface area is 185 Å². The molecule has 0 unspecified atom stereocenters. The van der Waals surface area contributed by atoms with Gasteiger partial charge in [0.2, 0.25) is 0 Å². The molecule has 1 aliphatic rings. The molecule has 0 bridgehead atoms. The lowest BCUT2D eigenvalue weighted by Gasteiger charge is -2.22. The van der Waals surface area contributed by atoms with Gasteiger partial charge in [-0.3, -0.25) is 9.69 Å². The van der Waals surface area contributed by atoms with Crippen LogP contribution in [0.15, 0.2) is 66.7 Å². The highest BCUT2D eigenvalue weighted by Crippen LogP contribution is 2.25. The van der Waals surface area contributed by atoms with Crippen molar-refractivity contribution in [2.24, 2.45) is 0 Å². The van der Waals surface area contributed by atoms with Gasteiger partial charge in [0.05, 0.1) is 0 Å². The number of likely N-dealkylation sites (tertiary alicyclic amines) is 1. The third-order valence-electron chi connectivity index (χ3n) is 5.49. The van der Waals surface area contributed by atoms with Crippen LogP contribution in [0.3, 0.4) is 0 Å². The van der Waals surface area contributed by atoms with Crippen molar-refractivity contribution in [3.63, 3.8) is 0 Å². The number of esters is 1. The van der Waals surface area contributed by atoms with Crippen molar-refractivity contribution in [2.45, 2.75) is 25.5 Å². The number of ether oxygens (including phenoxy) is 2. The molecule has 1 heterocycles. The van der Waals surface area contributed by atoms with Gasteiger partial charge in [0.15, 0.2) is 12.4 Å². The van der Waals surface area contributed by atoms with Crippen LogP contribution in [0.25, 0.3) is 10.8 Å². The molecular weight excluding hydrogens is 410 g/mol. The number of phenols is 1. The minimum atomic E-state index is -0.764. The van der Waals surface area contributed by atoms with Crippen LogP contribution in [0.1, 0.15) is 28.8 Å². The zero-order valence-corrected chi connectivity index (χ0v) is 17.4. The minimum Gasteiger partial charge on any atom is -0.507 e. The quantitative estimate of drug-likeness (QED) is 0.465. The maximum Gasteiger partial charge on any atom is 0.410 e. The molecule has 164 valence electrons. The van der Waals surface area contributed by atoms with Gasteiger partial charge < -0.3 is 14.6 Å². The highest BCUT2D eigenvalue weighted by atomic mass is 16.6. The van der Waals surface area contributed by atoms with Crippen LogP contribution < -0.4 is 0 Å². The number of fused-ring (bicyclic) bond motifs is 1. The molecule has 1 amide bonds. The minimum absolute atomic E-state index is 0.119. The van der Waals surface area contributed by atoms with Gasteiger partial charge in [-0.1, -0.05) is 48.5 Å². The topological polar surface area (TPSA) is 93.1 Å². The highest BCUT2D eigenvalue weighted by molar-refractivity contribution is 6.02. The highest BCUT2D eigenvalue weighted by Gasteiger charge is 2.36. The van der Waals surface area contributed by atoms with Crippen LogP contribution in [0, 0.1) is 0 Å². The molecule has 3 aromatic carbocycles. The number of benzene rings is 3. The van der Waals surface area contributed by atoms with Crippen LogP contribution in [-0.2, 0) is 20.9 Å². The number of aromatic hydroxyl groups is 1. The summed E-state index contributed by atoms with van der Waals surface area (Å²) in [6.45, 7) is 0.0933. The van der Waals surface area contributed by atoms with E-state index in [4.69, 9.17) is 9.47 Å². The normalized spacial score (nSPS) is 15.5. The smallest absolute Gasteiger partial charge is 0.410 e. The Morgan fingerprint density at radius 1 is 0.969 bits per heavy atom. The van der Waals surface area contributed by atoms with E-state index in [1.165, 1.54) is 4.90 Å². The molecule has 32 heavy (non-hydrogen) atoms. The molecule has 1 N–H and O–H groups in total. The lowest BCUT2D eigenvalue weighted by molar-refractivity contribution is -0.147. The van der Waals surface area contributed by atoms with Crippen LogP contribution in [-0.4, -0.2) is 47.0 Å². The number of carbonyl (C=O) groups excluding carboxylic acids is 3. The van der Waals surface area contributed by atoms with E-state index in [0.717, 1.165) is 5.56 Å². The first kappa shape index (κ1) is 21.4. The Kier molecular flexibility index (Phi) is 6.35. The first-order valence-electron chi connectivity index (χ1n) is 10.4. The van der Waals surface area contributed by atoms with Crippen LogP contribution in [0.4, 0.5) is 4.79 Å². The predicted octanol–water partition coefficient (Wildman–Crippen LogP) is 4.07. The molecule has 0 spiro atoms. The molecular formula is C25H23NO6. The van der Waals surface area contributed by atoms with E-state index in [1.54, 1.807) is 36.4 Å². The number of hydrogen-bond acceptors (Lipinski definition) is 6. The summed E-state index contributed by atoms with van der Waals surface area (Å²) in [7, 11) is 0. The fourth-order valence-corrected chi connectivity index (χ4v) is 3.79. The number of ketones is 1. The van der Waals surface area contributed by atoms with Gasteiger partial charge in [0.25, 0.3) is 0 Å². The van der Waals surface area contributed by atoms with Crippen molar-refractivity contribution >= 4 is 28.6 Å². The number of hydrogen-bond donors (Lipinski definition) is 1. The van der Waals surface area contributed by atoms with Crippen molar-refractivity contribution < 1.29 is 29.0 Å². The van der Waals surface area contributed by atoms with E-state index in [-0.39, 0.29) is 18.1 Å². The van der Waals surface area contributed by atoms with E-state index >= 15 is 0 Å². The second kappa shape index (κ2) is 9.51. The largest absolute Gasteiger partial charge is 0.507 e. The lowest BCUT2D eigenvalue weighted by atomic mass is 10.0. The van der Waals surface area contributed by atoms with Crippen LogP contribution >= 0.6 is 0 Å². The van der Waals surface area contributed by atoms with E-state index < -0.39 is 24.7 Å². The van der Waals surface area contributed by atoms with Crippen molar-refractivity contribution in [1.82, 2.24) is 4.90 Å². The number of amides is 1. The number of Topliss-reactive ketones (excluding diaryl/α,β-unsaturated/α-hetero) is 1. The van der Waals surface area contributed by atoms with Crippen molar-refractivity contribution in [3.05, 3.63) is 77.9 Å². The zero-order chi connectivity index (χ0) is 22.5. The number of phenolic OH excluding ortho intramolecular Hbond substituents is 1. The Morgan fingerprint density at radius 2 is 1.78 bits per heavy atom. The predicted molar refractivity (Wildman–Crippen MR) is 117 cm³/mol. The molecule has 7 nitrogen and oxygen atoms in total. The standard InChI is InChI=1S/C25H23NO6/c27-22-10-4-8-18-14-19(11-12-20(18)22)23(28)16-31-24(29)21-9-5-13-26(21)25(30)32-15-17-6-2-1-3-7-17/h1-4,6-8,10-12,14,21,27H,5,9,13,15-16H2/t21-/m0/s1. The van der Waals surface area contributed by atoms with Crippen LogP contribution in [0.2, 0.25) is 0 Å². The second-order valence-corrected chi connectivity index (χ2v) is 7.64. The summed E-state index contributed by atoms with van der Waals surface area (Å²) >= 11 is 0. The fraction of sp³-hybridized carbons (Fsp3) is 0.240. The molecule has 1 atom stereocenters. The van der Waals surface area contributed by atoms with Gasteiger partial charge in [-0.15, -0.1) is 0 Å². The molecule has 1 saturated heterocycles. The molecule has 4 rings (SSSR count). The van der Waals surface area contributed by atoms with Crippen molar-refractivity contribution in [1.29, 1.82) is 0 Å². The van der Waals surface area contributed by atoms with Gasteiger partial charge >= 0.3 is 12.1 Å². The van der Waals surface area contributed by atoms with Crippen molar-refractivity contribution in [2.75, 3.05) is 13.2 Å². The molecule has 1 fully saturated rings. The van der Waals surface area contributed by atoms with E-state index in [1.807, 2.05) is 30.3 Å². The van der Waals surface area contributed by atoms with E-state index in [0.29, 0.717) is 35.7 Å². The molecule has 0 aliphatic carbocycles. The summed E-state index contributed by atoms with van der Waals surface area (Å²) in [5.74, 6) is -0.848. The Hall–Kier alpha value is -3.87. The average molecular weight is 433 g/mol. The number of carbonyl (C=O) groups is 3. The summed E-state index contributed by atoms with van der Waals surface area (Å²) in [6.07, 6.45) is 0.541. The Morgan fingerprint density at radius 3 is 2.59 bits per heavy atom. The Balaban J connectivity index is 1.33. The lowest BCUT2D eigenvalue weighted by Crippen LogP contribution is -2.42. The fourth-order valence-electron chi connectivity index (χ4n) is 3.79. The van der Waals surface area contributed by atoms with Gasteiger partial charge in [-0.2, -0.15) is 0 Å². The first-order valence-corrected chi connectivity index (χ1v) is 10.4. The average Bonchev–Trinajstić information content (AvgIpc) is 3.31. The maximum absolute atomic E-state index is 12.6. The molecule has 0 aromatic heterocycles. The molecule has 7 heteroatoms.